The third-order valence-corrected chi connectivity index (χ3v) is 3.80. The van der Waals surface area contributed by atoms with Gasteiger partial charge in [-0.1, -0.05) is 0 Å². The number of rotatable bonds is 4. The minimum Gasteiger partial charge on any atom is -0.481 e. The molecule has 6 heteroatoms. The summed E-state index contributed by atoms with van der Waals surface area (Å²) in [5, 5.41) is 8.99. The molecule has 6 nitrogen and oxygen atoms in total. The second kappa shape index (κ2) is 5.59. The lowest BCUT2D eigenvalue weighted by Crippen LogP contribution is -2.47. The number of nitrogens with zero attached hydrogens (tertiary/aromatic N) is 2. The molecule has 0 bridgehead atoms. The van der Waals surface area contributed by atoms with Crippen LogP contribution in [-0.4, -0.2) is 59.4 Å². The fraction of sp³-hybridized carbons (Fsp3) is 0.769. The molecule has 1 aliphatic carbocycles. The van der Waals surface area contributed by atoms with Crippen molar-refractivity contribution < 1.29 is 19.5 Å². The zero-order valence-corrected chi connectivity index (χ0v) is 11.2. The van der Waals surface area contributed by atoms with Crippen molar-refractivity contribution in [1.29, 1.82) is 0 Å². The van der Waals surface area contributed by atoms with Crippen molar-refractivity contribution in [2.75, 3.05) is 26.7 Å². The average molecular weight is 268 g/mol. The number of aliphatic carboxylic acids is 1. The van der Waals surface area contributed by atoms with Crippen LogP contribution >= 0.6 is 0 Å². The highest BCUT2D eigenvalue weighted by Crippen LogP contribution is 2.30. The molecule has 1 saturated carbocycles. The Bertz CT molecular complexity index is 392. The molecule has 0 spiro atoms. The summed E-state index contributed by atoms with van der Waals surface area (Å²) < 4.78 is 0. The Kier molecular flexibility index (Phi) is 4.07. The Morgan fingerprint density at radius 1 is 1.21 bits per heavy atom. The largest absolute Gasteiger partial charge is 0.481 e. The van der Waals surface area contributed by atoms with Gasteiger partial charge in [0.05, 0.1) is 12.5 Å². The summed E-state index contributed by atoms with van der Waals surface area (Å²) in [6.07, 6.45) is 3.17. The predicted octanol–water partition coefficient (Wildman–Crippen LogP) is 0.178. The monoisotopic (exact) mass is 268 g/mol. The van der Waals surface area contributed by atoms with Crippen molar-refractivity contribution in [2.45, 2.75) is 25.7 Å². The Morgan fingerprint density at radius 2 is 1.89 bits per heavy atom. The molecule has 2 amide bonds. The zero-order valence-electron chi connectivity index (χ0n) is 11.2. The molecule has 0 aromatic heterocycles. The van der Waals surface area contributed by atoms with Gasteiger partial charge in [0.2, 0.25) is 11.8 Å². The quantitative estimate of drug-likeness (QED) is 0.789. The van der Waals surface area contributed by atoms with Crippen molar-refractivity contribution in [3.63, 3.8) is 0 Å². The number of hydrogen-bond acceptors (Lipinski definition) is 3. The zero-order chi connectivity index (χ0) is 14.0. The molecule has 2 fully saturated rings. The first kappa shape index (κ1) is 13.8. The summed E-state index contributed by atoms with van der Waals surface area (Å²) in [4.78, 5) is 37.8. The number of amides is 2. The second-order valence-electron chi connectivity index (χ2n) is 5.49. The Morgan fingerprint density at radius 3 is 2.47 bits per heavy atom. The van der Waals surface area contributed by atoms with E-state index in [-0.39, 0.29) is 30.8 Å². The van der Waals surface area contributed by atoms with Gasteiger partial charge in [0.25, 0.3) is 0 Å². The van der Waals surface area contributed by atoms with Gasteiger partial charge in [-0.25, -0.2) is 0 Å². The molecular weight excluding hydrogens is 248 g/mol. The SMILES string of the molecule is CN(CC(=O)N1CCCC(C(=O)O)C1)C(=O)C1CC1. The van der Waals surface area contributed by atoms with E-state index in [1.54, 1.807) is 11.9 Å². The van der Waals surface area contributed by atoms with E-state index in [1.165, 1.54) is 4.90 Å². The van der Waals surface area contributed by atoms with Crippen molar-refractivity contribution in [3.8, 4) is 0 Å². The predicted molar refractivity (Wildman–Crippen MR) is 67.3 cm³/mol. The van der Waals surface area contributed by atoms with Crippen molar-refractivity contribution >= 4 is 17.8 Å². The number of likely N-dealkylation sites (tertiary alicyclic amines) is 1. The number of carbonyl (C=O) groups is 3. The number of piperidine rings is 1. The molecule has 1 aliphatic heterocycles. The lowest BCUT2D eigenvalue weighted by molar-refractivity contribution is -0.147. The molecule has 19 heavy (non-hydrogen) atoms. The van der Waals surface area contributed by atoms with Crippen LogP contribution in [0.2, 0.25) is 0 Å². The Hall–Kier alpha value is -1.59. The van der Waals surface area contributed by atoms with Gasteiger partial charge in [-0.3, -0.25) is 14.4 Å². The molecule has 1 heterocycles. The molecule has 0 aromatic rings. The van der Waals surface area contributed by atoms with Crippen LogP contribution < -0.4 is 0 Å². The van der Waals surface area contributed by atoms with E-state index >= 15 is 0 Å². The van der Waals surface area contributed by atoms with Gasteiger partial charge in [0.15, 0.2) is 0 Å². The number of carboxylic acids is 1. The molecule has 1 atom stereocenters. The first-order valence-electron chi connectivity index (χ1n) is 6.74. The lowest BCUT2D eigenvalue weighted by Gasteiger charge is -2.32. The molecule has 1 saturated heterocycles. The summed E-state index contributed by atoms with van der Waals surface area (Å²) in [5.74, 6) is -1.34. The van der Waals surface area contributed by atoms with Gasteiger partial charge in [-0.15, -0.1) is 0 Å². The van der Waals surface area contributed by atoms with E-state index in [4.69, 9.17) is 5.11 Å². The highest BCUT2D eigenvalue weighted by atomic mass is 16.4. The highest BCUT2D eigenvalue weighted by Gasteiger charge is 2.34. The molecule has 106 valence electrons. The minimum absolute atomic E-state index is 0.0279. The summed E-state index contributed by atoms with van der Waals surface area (Å²) >= 11 is 0. The first-order valence-corrected chi connectivity index (χ1v) is 6.74. The maximum absolute atomic E-state index is 12.1. The van der Waals surface area contributed by atoms with Crippen molar-refractivity contribution in [1.82, 2.24) is 9.80 Å². The minimum atomic E-state index is -0.847. The van der Waals surface area contributed by atoms with E-state index in [2.05, 4.69) is 0 Å². The normalized spacial score (nSPS) is 23.0. The van der Waals surface area contributed by atoms with Gasteiger partial charge in [-0.05, 0) is 25.7 Å². The van der Waals surface area contributed by atoms with E-state index in [0.717, 1.165) is 12.8 Å². The van der Waals surface area contributed by atoms with Crippen LogP contribution in [0.25, 0.3) is 0 Å². The van der Waals surface area contributed by atoms with Crippen LogP contribution in [0, 0.1) is 11.8 Å². The molecule has 0 radical (unpaired) electrons. The topological polar surface area (TPSA) is 77.9 Å². The van der Waals surface area contributed by atoms with Gasteiger partial charge in [0, 0.05) is 26.1 Å². The highest BCUT2D eigenvalue weighted by molar-refractivity contribution is 5.87. The number of carboxylic acid groups (broad SMARTS) is 1. The molecule has 1 N–H and O–H groups in total. The van der Waals surface area contributed by atoms with E-state index in [0.29, 0.717) is 19.4 Å². The fourth-order valence-corrected chi connectivity index (χ4v) is 2.43. The van der Waals surface area contributed by atoms with Crippen LogP contribution in [0.4, 0.5) is 0 Å². The summed E-state index contributed by atoms with van der Waals surface area (Å²) in [6.45, 7) is 0.912. The van der Waals surface area contributed by atoms with Crippen LogP contribution in [0.15, 0.2) is 0 Å². The van der Waals surface area contributed by atoms with Gasteiger partial charge < -0.3 is 14.9 Å². The van der Waals surface area contributed by atoms with Crippen LogP contribution in [0.1, 0.15) is 25.7 Å². The number of hydrogen-bond donors (Lipinski definition) is 1. The van der Waals surface area contributed by atoms with Gasteiger partial charge in [-0.2, -0.15) is 0 Å². The van der Waals surface area contributed by atoms with Gasteiger partial charge in [0.1, 0.15) is 0 Å². The van der Waals surface area contributed by atoms with Crippen LogP contribution in [-0.2, 0) is 14.4 Å². The Labute approximate surface area is 112 Å². The summed E-state index contributed by atoms with van der Waals surface area (Å²) in [6, 6.07) is 0. The molecule has 2 aliphatic rings. The average Bonchev–Trinajstić information content (AvgIpc) is 3.22. The second-order valence-corrected chi connectivity index (χ2v) is 5.49. The van der Waals surface area contributed by atoms with Gasteiger partial charge >= 0.3 is 5.97 Å². The molecule has 0 aromatic carbocycles. The lowest BCUT2D eigenvalue weighted by atomic mass is 9.98. The molecule has 1 unspecified atom stereocenters. The molecular formula is C13H20N2O4. The third kappa shape index (κ3) is 3.45. The van der Waals surface area contributed by atoms with Crippen molar-refractivity contribution in [3.05, 3.63) is 0 Å². The van der Waals surface area contributed by atoms with E-state index < -0.39 is 11.9 Å². The third-order valence-electron chi connectivity index (χ3n) is 3.80. The maximum atomic E-state index is 12.1. The summed E-state index contributed by atoms with van der Waals surface area (Å²) in [7, 11) is 1.64. The van der Waals surface area contributed by atoms with E-state index in [9.17, 15) is 14.4 Å². The maximum Gasteiger partial charge on any atom is 0.308 e. The summed E-state index contributed by atoms with van der Waals surface area (Å²) in [5.41, 5.74) is 0. The smallest absolute Gasteiger partial charge is 0.308 e. The van der Waals surface area contributed by atoms with Crippen LogP contribution in [0.3, 0.4) is 0 Å². The van der Waals surface area contributed by atoms with E-state index in [1.807, 2.05) is 0 Å². The standard InChI is InChI=1S/C13H20N2O4/c1-14(12(17)9-4-5-9)8-11(16)15-6-2-3-10(7-15)13(18)19/h9-10H,2-8H2,1H3,(H,18,19). The first-order chi connectivity index (χ1) is 8.99. The van der Waals surface area contributed by atoms with Crippen molar-refractivity contribution in [2.24, 2.45) is 11.8 Å². The number of likely N-dealkylation sites (N-methyl/N-ethyl adjacent to an activating group) is 1. The Balaban J connectivity index is 1.84. The van der Waals surface area contributed by atoms with Crippen LogP contribution in [0.5, 0.6) is 0 Å². The number of carbonyl (C=O) groups excluding carboxylic acids is 2. The fourth-order valence-electron chi connectivity index (χ4n) is 2.43. The molecule has 2 rings (SSSR count).